The molecule has 0 spiro atoms. The van der Waals surface area contributed by atoms with E-state index < -0.39 is 0 Å². The summed E-state index contributed by atoms with van der Waals surface area (Å²) in [6.45, 7) is 10.8. The maximum Gasteiger partial charge on any atom is 0.0711 e. The molecule has 0 aliphatic carbocycles. The second-order valence-electron chi connectivity index (χ2n) is 6.98. The number of hydrogen-bond donors (Lipinski definition) is 2. The molecule has 0 aromatic heterocycles. The normalized spacial score (nSPS) is 21.8. The third-order valence-electron chi connectivity index (χ3n) is 4.83. The van der Waals surface area contributed by atoms with Crippen molar-refractivity contribution >= 4 is 0 Å². The van der Waals surface area contributed by atoms with E-state index >= 15 is 0 Å². The minimum Gasteiger partial charge on any atom is -0.388 e. The third-order valence-corrected chi connectivity index (χ3v) is 4.83. The topological polar surface area (TPSA) is 33.3 Å². The predicted molar refractivity (Wildman–Crippen MR) is 98.5 cm³/mol. The van der Waals surface area contributed by atoms with E-state index in [9.17, 15) is 0 Å². The van der Waals surface area contributed by atoms with Gasteiger partial charge < -0.3 is 15.4 Å². The Kier molecular flexibility index (Phi) is 7.90. The van der Waals surface area contributed by atoms with Crippen molar-refractivity contribution in [1.29, 1.82) is 0 Å². The van der Waals surface area contributed by atoms with Gasteiger partial charge in [-0.1, -0.05) is 17.7 Å². The van der Waals surface area contributed by atoms with Crippen LogP contribution in [-0.2, 0) is 4.74 Å². The molecule has 2 aliphatic heterocycles. The van der Waals surface area contributed by atoms with Crippen LogP contribution in [0.15, 0.2) is 34.6 Å². The van der Waals surface area contributed by atoms with Crippen LogP contribution in [0.25, 0.3) is 0 Å². The van der Waals surface area contributed by atoms with Crippen LogP contribution in [0.3, 0.4) is 0 Å². The summed E-state index contributed by atoms with van der Waals surface area (Å²) in [7, 11) is 0. The van der Waals surface area contributed by atoms with E-state index in [4.69, 9.17) is 4.74 Å². The van der Waals surface area contributed by atoms with Crippen molar-refractivity contribution in [2.45, 2.75) is 65.4 Å². The first-order valence-electron chi connectivity index (χ1n) is 9.27. The van der Waals surface area contributed by atoms with Crippen LogP contribution in [0.5, 0.6) is 0 Å². The zero-order valence-corrected chi connectivity index (χ0v) is 15.2. The second kappa shape index (κ2) is 9.94. The molecule has 2 heterocycles. The SMILES string of the molecule is CC(C)=C(/C=C\C1=C(C)NCCC1)CCCCOC1CCNC1. The van der Waals surface area contributed by atoms with Crippen molar-refractivity contribution in [1.82, 2.24) is 10.6 Å². The van der Waals surface area contributed by atoms with Crippen molar-refractivity contribution in [2.24, 2.45) is 0 Å². The van der Waals surface area contributed by atoms with Gasteiger partial charge in [0, 0.05) is 25.4 Å². The molecule has 0 bridgehead atoms. The van der Waals surface area contributed by atoms with Gasteiger partial charge in [-0.3, -0.25) is 0 Å². The van der Waals surface area contributed by atoms with Crippen LogP contribution >= 0.6 is 0 Å². The van der Waals surface area contributed by atoms with Crippen LogP contribution < -0.4 is 10.6 Å². The number of unbranched alkanes of at least 4 members (excludes halogenated alkanes) is 1. The van der Waals surface area contributed by atoms with E-state index in [1.807, 2.05) is 0 Å². The lowest BCUT2D eigenvalue weighted by atomic mass is 9.99. The molecule has 1 saturated heterocycles. The molecular formula is C20H34N2O. The molecule has 130 valence electrons. The minimum absolute atomic E-state index is 0.450. The van der Waals surface area contributed by atoms with Crippen molar-refractivity contribution in [3.63, 3.8) is 0 Å². The van der Waals surface area contributed by atoms with Crippen LogP contribution in [-0.4, -0.2) is 32.3 Å². The van der Waals surface area contributed by atoms with Crippen molar-refractivity contribution in [2.75, 3.05) is 26.2 Å². The summed E-state index contributed by atoms with van der Waals surface area (Å²) in [5, 5.41) is 6.81. The number of hydrogen-bond acceptors (Lipinski definition) is 3. The van der Waals surface area contributed by atoms with Crippen LogP contribution in [0.2, 0.25) is 0 Å². The minimum atomic E-state index is 0.450. The molecule has 1 fully saturated rings. The molecule has 1 unspecified atom stereocenters. The molecule has 23 heavy (non-hydrogen) atoms. The van der Waals surface area contributed by atoms with Crippen molar-refractivity contribution in [3.05, 3.63) is 34.6 Å². The monoisotopic (exact) mass is 318 g/mol. The summed E-state index contributed by atoms with van der Waals surface area (Å²) >= 11 is 0. The van der Waals surface area contributed by atoms with Gasteiger partial charge in [-0.15, -0.1) is 0 Å². The lowest BCUT2D eigenvalue weighted by Gasteiger charge is -2.17. The van der Waals surface area contributed by atoms with E-state index in [1.54, 1.807) is 0 Å². The Labute approximate surface area is 142 Å². The largest absolute Gasteiger partial charge is 0.388 e. The Morgan fingerprint density at radius 3 is 2.83 bits per heavy atom. The van der Waals surface area contributed by atoms with Gasteiger partial charge in [0.15, 0.2) is 0 Å². The van der Waals surface area contributed by atoms with Gasteiger partial charge in [-0.2, -0.15) is 0 Å². The first-order valence-corrected chi connectivity index (χ1v) is 9.27. The molecule has 2 aliphatic rings. The second-order valence-corrected chi connectivity index (χ2v) is 6.98. The van der Waals surface area contributed by atoms with Crippen LogP contribution in [0.4, 0.5) is 0 Å². The van der Waals surface area contributed by atoms with Gasteiger partial charge in [0.1, 0.15) is 0 Å². The van der Waals surface area contributed by atoms with Gasteiger partial charge in [0.05, 0.1) is 6.10 Å². The molecule has 1 atom stereocenters. The fourth-order valence-corrected chi connectivity index (χ4v) is 3.20. The molecule has 0 radical (unpaired) electrons. The fraction of sp³-hybridized carbons (Fsp3) is 0.700. The summed E-state index contributed by atoms with van der Waals surface area (Å²) in [5.41, 5.74) is 5.73. The molecule has 2 N–H and O–H groups in total. The quantitative estimate of drug-likeness (QED) is 0.522. The number of rotatable bonds is 8. The predicted octanol–water partition coefficient (Wildman–Crippen LogP) is 4.09. The lowest BCUT2D eigenvalue weighted by molar-refractivity contribution is 0.0645. The highest BCUT2D eigenvalue weighted by Crippen LogP contribution is 2.19. The van der Waals surface area contributed by atoms with Gasteiger partial charge in [0.2, 0.25) is 0 Å². The van der Waals surface area contributed by atoms with E-state index in [1.165, 1.54) is 48.1 Å². The summed E-state index contributed by atoms with van der Waals surface area (Å²) < 4.78 is 5.90. The molecule has 3 heteroatoms. The Bertz CT molecular complexity index is 452. The highest BCUT2D eigenvalue weighted by atomic mass is 16.5. The van der Waals surface area contributed by atoms with Crippen LogP contribution in [0.1, 0.15) is 59.3 Å². The van der Waals surface area contributed by atoms with E-state index in [2.05, 4.69) is 43.6 Å². The maximum atomic E-state index is 5.90. The summed E-state index contributed by atoms with van der Waals surface area (Å²) in [4.78, 5) is 0. The number of nitrogens with one attached hydrogen (secondary N) is 2. The molecule has 2 rings (SSSR count). The average Bonchev–Trinajstić information content (AvgIpc) is 3.04. The van der Waals surface area contributed by atoms with Crippen molar-refractivity contribution in [3.8, 4) is 0 Å². The Hall–Kier alpha value is -1.06. The zero-order chi connectivity index (χ0) is 16.5. The Balaban J connectivity index is 1.72. The Morgan fingerprint density at radius 1 is 1.26 bits per heavy atom. The van der Waals surface area contributed by atoms with E-state index in [-0.39, 0.29) is 0 Å². The summed E-state index contributed by atoms with van der Waals surface area (Å²) in [5.74, 6) is 0. The molecular weight excluding hydrogens is 284 g/mol. The van der Waals surface area contributed by atoms with Crippen molar-refractivity contribution < 1.29 is 4.74 Å². The average molecular weight is 319 g/mol. The summed E-state index contributed by atoms with van der Waals surface area (Å²) in [6, 6.07) is 0. The maximum absolute atomic E-state index is 5.90. The Morgan fingerprint density at radius 2 is 2.13 bits per heavy atom. The fourth-order valence-electron chi connectivity index (χ4n) is 3.20. The van der Waals surface area contributed by atoms with Gasteiger partial charge >= 0.3 is 0 Å². The highest BCUT2D eigenvalue weighted by molar-refractivity contribution is 5.33. The molecule has 0 saturated carbocycles. The van der Waals surface area contributed by atoms with Crippen LogP contribution in [0, 0.1) is 0 Å². The standard InChI is InChI=1S/C20H34N2O/c1-16(2)18(9-10-19-8-6-12-22-17(19)3)7-4-5-14-23-20-11-13-21-15-20/h9-10,20-22H,4-8,11-15H2,1-3H3/b10-9-. The first kappa shape index (κ1) is 18.3. The molecule has 3 nitrogen and oxygen atoms in total. The lowest BCUT2D eigenvalue weighted by Crippen LogP contribution is -2.19. The van der Waals surface area contributed by atoms with Gasteiger partial charge in [-0.05, 0) is 77.0 Å². The molecule has 0 aromatic carbocycles. The number of ether oxygens (including phenoxy) is 1. The summed E-state index contributed by atoms with van der Waals surface area (Å²) in [6.07, 6.45) is 12.3. The number of allylic oxidation sites excluding steroid dienone is 6. The molecule has 0 aromatic rings. The van der Waals surface area contributed by atoms with E-state index in [0.29, 0.717) is 6.10 Å². The van der Waals surface area contributed by atoms with Gasteiger partial charge in [0.25, 0.3) is 0 Å². The molecule has 0 amide bonds. The van der Waals surface area contributed by atoms with E-state index in [0.717, 1.165) is 39.1 Å². The highest BCUT2D eigenvalue weighted by Gasteiger charge is 2.13. The first-order chi connectivity index (χ1) is 11.2. The third kappa shape index (κ3) is 6.52. The zero-order valence-electron chi connectivity index (χ0n) is 15.2. The smallest absolute Gasteiger partial charge is 0.0711 e. The van der Waals surface area contributed by atoms with Gasteiger partial charge in [-0.25, -0.2) is 0 Å².